The van der Waals surface area contributed by atoms with Gasteiger partial charge < -0.3 is 5.73 Å². The predicted molar refractivity (Wildman–Crippen MR) is 54.5 cm³/mol. The van der Waals surface area contributed by atoms with E-state index in [9.17, 15) is 0 Å². The Morgan fingerprint density at radius 3 is 2.50 bits per heavy atom. The molecule has 3 unspecified atom stereocenters. The molecule has 0 aromatic heterocycles. The SMILES string of the molecule is CC1CCCCC(N)C(Cl)CC1. The first-order valence-corrected chi connectivity index (χ1v) is 5.53. The second-order valence-electron chi connectivity index (χ2n) is 4.15. The highest BCUT2D eigenvalue weighted by Gasteiger charge is 2.17. The molecule has 1 saturated carbocycles. The summed E-state index contributed by atoms with van der Waals surface area (Å²) in [6.45, 7) is 2.32. The molecule has 12 heavy (non-hydrogen) atoms. The van der Waals surface area contributed by atoms with Crippen molar-refractivity contribution in [2.75, 3.05) is 0 Å². The number of alkyl halides is 1. The van der Waals surface area contributed by atoms with E-state index in [1.54, 1.807) is 0 Å². The Kier molecular flexibility index (Phi) is 4.38. The molecule has 3 atom stereocenters. The number of hydrogen-bond donors (Lipinski definition) is 1. The first-order valence-electron chi connectivity index (χ1n) is 5.10. The summed E-state index contributed by atoms with van der Waals surface area (Å²) in [4.78, 5) is 0. The Morgan fingerprint density at radius 2 is 1.75 bits per heavy atom. The van der Waals surface area contributed by atoms with Crippen LogP contribution < -0.4 is 5.73 Å². The average Bonchev–Trinajstić information content (AvgIpc) is 2.11. The van der Waals surface area contributed by atoms with E-state index in [1.807, 2.05) is 0 Å². The van der Waals surface area contributed by atoms with Crippen LogP contribution in [0.5, 0.6) is 0 Å². The third kappa shape index (κ3) is 3.32. The van der Waals surface area contributed by atoms with Crippen LogP contribution in [0.15, 0.2) is 0 Å². The van der Waals surface area contributed by atoms with E-state index < -0.39 is 0 Å². The molecule has 1 nitrogen and oxygen atoms in total. The maximum atomic E-state index is 6.16. The van der Waals surface area contributed by atoms with Crippen LogP contribution in [-0.4, -0.2) is 11.4 Å². The Bertz CT molecular complexity index is 127. The van der Waals surface area contributed by atoms with Crippen molar-refractivity contribution in [2.45, 2.75) is 56.9 Å². The van der Waals surface area contributed by atoms with E-state index in [0.717, 1.165) is 18.8 Å². The molecule has 1 aliphatic carbocycles. The highest BCUT2D eigenvalue weighted by Crippen LogP contribution is 2.23. The molecule has 72 valence electrons. The molecule has 1 fully saturated rings. The van der Waals surface area contributed by atoms with E-state index in [2.05, 4.69) is 6.92 Å². The van der Waals surface area contributed by atoms with Crippen LogP contribution in [0.2, 0.25) is 0 Å². The van der Waals surface area contributed by atoms with Crippen molar-refractivity contribution in [3.63, 3.8) is 0 Å². The molecule has 2 heteroatoms. The Hall–Kier alpha value is 0.250. The third-order valence-corrected chi connectivity index (χ3v) is 3.43. The number of hydrogen-bond acceptors (Lipinski definition) is 1. The molecule has 0 amide bonds. The molecule has 2 N–H and O–H groups in total. The standard InChI is InChI=1S/C10H20ClN/c1-8-4-2-3-5-10(12)9(11)7-6-8/h8-10H,2-7,12H2,1H3. The minimum absolute atomic E-state index is 0.213. The molecule has 0 spiro atoms. The monoisotopic (exact) mass is 189 g/mol. The second-order valence-corrected chi connectivity index (χ2v) is 4.71. The van der Waals surface area contributed by atoms with Gasteiger partial charge in [0, 0.05) is 11.4 Å². The summed E-state index contributed by atoms with van der Waals surface area (Å²) in [5.41, 5.74) is 5.93. The fourth-order valence-corrected chi connectivity index (χ4v) is 2.11. The van der Waals surface area contributed by atoms with Crippen molar-refractivity contribution in [2.24, 2.45) is 11.7 Å². The van der Waals surface area contributed by atoms with Crippen LogP contribution in [0.25, 0.3) is 0 Å². The molecule has 0 aromatic carbocycles. The van der Waals surface area contributed by atoms with Gasteiger partial charge in [0.05, 0.1) is 0 Å². The average molecular weight is 190 g/mol. The lowest BCUT2D eigenvalue weighted by Crippen LogP contribution is -2.30. The summed E-state index contributed by atoms with van der Waals surface area (Å²) in [5.74, 6) is 0.844. The van der Waals surface area contributed by atoms with Crippen LogP contribution >= 0.6 is 11.6 Å². The maximum Gasteiger partial charge on any atom is 0.0487 e. The van der Waals surface area contributed by atoms with Gasteiger partial charge in [-0.05, 0) is 25.2 Å². The molecule has 0 bridgehead atoms. The lowest BCUT2D eigenvalue weighted by Gasteiger charge is -2.16. The van der Waals surface area contributed by atoms with E-state index in [-0.39, 0.29) is 11.4 Å². The molecule has 0 radical (unpaired) electrons. The van der Waals surface area contributed by atoms with Gasteiger partial charge in [-0.25, -0.2) is 0 Å². The summed E-state index contributed by atoms with van der Waals surface area (Å²) in [5, 5.41) is 0.213. The predicted octanol–water partition coefficient (Wildman–Crippen LogP) is 2.91. The van der Waals surface area contributed by atoms with Gasteiger partial charge in [-0.3, -0.25) is 0 Å². The maximum absolute atomic E-state index is 6.16. The minimum atomic E-state index is 0.213. The summed E-state index contributed by atoms with van der Waals surface area (Å²) in [6, 6.07) is 0.233. The summed E-state index contributed by atoms with van der Waals surface area (Å²) in [7, 11) is 0. The summed E-state index contributed by atoms with van der Waals surface area (Å²) < 4.78 is 0. The Labute approximate surface area is 80.7 Å². The minimum Gasteiger partial charge on any atom is -0.326 e. The van der Waals surface area contributed by atoms with Gasteiger partial charge in [0.15, 0.2) is 0 Å². The van der Waals surface area contributed by atoms with Gasteiger partial charge in [-0.1, -0.05) is 26.2 Å². The quantitative estimate of drug-likeness (QED) is 0.583. The van der Waals surface area contributed by atoms with Gasteiger partial charge in [-0.15, -0.1) is 11.6 Å². The molecular formula is C10H20ClN. The Morgan fingerprint density at radius 1 is 1.08 bits per heavy atom. The first kappa shape index (κ1) is 10.3. The van der Waals surface area contributed by atoms with Crippen LogP contribution in [-0.2, 0) is 0 Å². The van der Waals surface area contributed by atoms with E-state index in [1.165, 1.54) is 25.7 Å². The molecule has 1 aliphatic rings. The van der Waals surface area contributed by atoms with E-state index in [4.69, 9.17) is 17.3 Å². The lowest BCUT2D eigenvalue weighted by atomic mass is 9.99. The van der Waals surface area contributed by atoms with Gasteiger partial charge in [0.1, 0.15) is 0 Å². The molecule has 1 rings (SSSR count). The zero-order chi connectivity index (χ0) is 8.97. The van der Waals surface area contributed by atoms with Gasteiger partial charge in [0.25, 0.3) is 0 Å². The summed E-state index contributed by atoms with van der Waals surface area (Å²) >= 11 is 6.16. The van der Waals surface area contributed by atoms with E-state index >= 15 is 0 Å². The molecule has 0 saturated heterocycles. The highest BCUT2D eigenvalue weighted by atomic mass is 35.5. The van der Waals surface area contributed by atoms with Crippen LogP contribution in [0.1, 0.15) is 45.4 Å². The third-order valence-electron chi connectivity index (χ3n) is 2.88. The van der Waals surface area contributed by atoms with Crippen molar-refractivity contribution in [3.05, 3.63) is 0 Å². The fraction of sp³-hybridized carbons (Fsp3) is 1.00. The molecule has 0 aromatic rings. The number of rotatable bonds is 0. The zero-order valence-electron chi connectivity index (χ0n) is 7.93. The second kappa shape index (κ2) is 5.08. The molecular weight excluding hydrogens is 170 g/mol. The Balaban J connectivity index is 2.37. The van der Waals surface area contributed by atoms with Crippen molar-refractivity contribution >= 4 is 11.6 Å². The number of halogens is 1. The smallest absolute Gasteiger partial charge is 0.0487 e. The first-order chi connectivity index (χ1) is 5.70. The topological polar surface area (TPSA) is 26.0 Å². The van der Waals surface area contributed by atoms with Crippen LogP contribution in [0, 0.1) is 5.92 Å². The van der Waals surface area contributed by atoms with Gasteiger partial charge in [0.2, 0.25) is 0 Å². The van der Waals surface area contributed by atoms with Crippen LogP contribution in [0.4, 0.5) is 0 Å². The fourth-order valence-electron chi connectivity index (χ4n) is 1.86. The zero-order valence-corrected chi connectivity index (χ0v) is 8.69. The van der Waals surface area contributed by atoms with Crippen molar-refractivity contribution in [1.29, 1.82) is 0 Å². The van der Waals surface area contributed by atoms with Crippen molar-refractivity contribution in [1.82, 2.24) is 0 Å². The summed E-state index contributed by atoms with van der Waals surface area (Å²) in [6.07, 6.45) is 7.41. The largest absolute Gasteiger partial charge is 0.326 e. The molecule has 0 heterocycles. The van der Waals surface area contributed by atoms with E-state index in [0.29, 0.717) is 0 Å². The number of nitrogens with two attached hydrogens (primary N) is 1. The highest BCUT2D eigenvalue weighted by molar-refractivity contribution is 6.21. The van der Waals surface area contributed by atoms with Crippen LogP contribution in [0.3, 0.4) is 0 Å². The van der Waals surface area contributed by atoms with Gasteiger partial charge >= 0.3 is 0 Å². The molecule has 0 aliphatic heterocycles. The van der Waals surface area contributed by atoms with Crippen molar-refractivity contribution < 1.29 is 0 Å². The normalized spacial score (nSPS) is 39.8. The lowest BCUT2D eigenvalue weighted by molar-refractivity contribution is 0.464. The van der Waals surface area contributed by atoms with Crippen molar-refractivity contribution in [3.8, 4) is 0 Å². The van der Waals surface area contributed by atoms with Gasteiger partial charge in [-0.2, -0.15) is 0 Å².